The minimum Gasteiger partial charge on any atom is -0.304 e. The van der Waals surface area contributed by atoms with E-state index >= 15 is 0 Å². The van der Waals surface area contributed by atoms with Gasteiger partial charge in [0, 0.05) is 30.4 Å². The Morgan fingerprint density at radius 2 is 1.80 bits per heavy atom. The number of thiazole rings is 1. The highest BCUT2D eigenvalue weighted by Crippen LogP contribution is 2.33. The SMILES string of the molecule is CC(C)(C)[C@@H](NCc1csc(-c2ncccn2)n1)c1ccc(F)cc1. The molecule has 1 N–H and O–H groups in total. The summed E-state index contributed by atoms with van der Waals surface area (Å²) in [5.41, 5.74) is 2.00. The molecule has 4 nitrogen and oxygen atoms in total. The first-order valence-corrected chi connectivity index (χ1v) is 9.02. The highest BCUT2D eigenvalue weighted by molar-refractivity contribution is 7.13. The van der Waals surface area contributed by atoms with Crippen molar-refractivity contribution in [3.63, 3.8) is 0 Å². The standard InChI is InChI=1S/C19H21FN4S/c1-19(2,3)16(13-5-7-14(20)8-6-13)23-11-15-12-25-18(24-15)17-21-9-4-10-22-17/h4-10,12,16,23H,11H2,1-3H3/t16-/m0/s1. The smallest absolute Gasteiger partial charge is 0.188 e. The zero-order valence-electron chi connectivity index (χ0n) is 14.5. The summed E-state index contributed by atoms with van der Waals surface area (Å²) in [6.07, 6.45) is 3.43. The van der Waals surface area contributed by atoms with E-state index in [-0.39, 0.29) is 17.3 Å². The molecule has 0 amide bonds. The largest absolute Gasteiger partial charge is 0.304 e. The van der Waals surface area contributed by atoms with Crippen LogP contribution in [0.2, 0.25) is 0 Å². The van der Waals surface area contributed by atoms with Crippen LogP contribution in [0.3, 0.4) is 0 Å². The molecule has 0 spiro atoms. The van der Waals surface area contributed by atoms with Crippen LogP contribution in [0.5, 0.6) is 0 Å². The summed E-state index contributed by atoms with van der Waals surface area (Å²) in [5, 5.41) is 6.39. The van der Waals surface area contributed by atoms with E-state index in [9.17, 15) is 4.39 Å². The number of hydrogen-bond acceptors (Lipinski definition) is 5. The predicted octanol–water partition coefficient (Wildman–Crippen LogP) is 4.62. The summed E-state index contributed by atoms with van der Waals surface area (Å²) in [6, 6.07) is 8.56. The molecule has 3 aromatic rings. The highest BCUT2D eigenvalue weighted by Gasteiger charge is 2.26. The van der Waals surface area contributed by atoms with Gasteiger partial charge in [0.2, 0.25) is 0 Å². The molecule has 3 rings (SSSR count). The van der Waals surface area contributed by atoms with Gasteiger partial charge in [-0.3, -0.25) is 0 Å². The second-order valence-corrected chi connectivity index (χ2v) is 7.81. The van der Waals surface area contributed by atoms with Gasteiger partial charge in [0.1, 0.15) is 5.82 Å². The van der Waals surface area contributed by atoms with E-state index in [0.29, 0.717) is 12.4 Å². The maximum atomic E-state index is 13.2. The molecule has 0 aliphatic carbocycles. The number of hydrogen-bond donors (Lipinski definition) is 1. The molecule has 25 heavy (non-hydrogen) atoms. The molecule has 130 valence electrons. The molecule has 0 fully saturated rings. The van der Waals surface area contributed by atoms with Gasteiger partial charge in [0.05, 0.1) is 5.69 Å². The summed E-state index contributed by atoms with van der Waals surface area (Å²) >= 11 is 1.53. The van der Waals surface area contributed by atoms with E-state index in [4.69, 9.17) is 0 Å². The lowest BCUT2D eigenvalue weighted by Crippen LogP contribution is -2.32. The number of halogens is 1. The van der Waals surface area contributed by atoms with Crippen LogP contribution in [0.1, 0.15) is 38.1 Å². The average molecular weight is 356 g/mol. The van der Waals surface area contributed by atoms with Crippen LogP contribution in [0.15, 0.2) is 48.1 Å². The summed E-state index contributed by atoms with van der Waals surface area (Å²) in [4.78, 5) is 13.1. The summed E-state index contributed by atoms with van der Waals surface area (Å²) in [7, 11) is 0. The summed E-state index contributed by atoms with van der Waals surface area (Å²) in [5.74, 6) is 0.424. The molecule has 0 aliphatic rings. The van der Waals surface area contributed by atoms with Crippen LogP contribution in [-0.4, -0.2) is 15.0 Å². The van der Waals surface area contributed by atoms with Gasteiger partial charge >= 0.3 is 0 Å². The van der Waals surface area contributed by atoms with Crippen molar-refractivity contribution in [3.05, 3.63) is 65.2 Å². The Morgan fingerprint density at radius 1 is 1.12 bits per heavy atom. The monoisotopic (exact) mass is 356 g/mol. The number of nitrogens with zero attached hydrogens (tertiary/aromatic N) is 3. The lowest BCUT2D eigenvalue weighted by Gasteiger charge is -2.32. The Labute approximate surface area is 151 Å². The van der Waals surface area contributed by atoms with Crippen molar-refractivity contribution in [2.75, 3.05) is 0 Å². The Balaban J connectivity index is 1.74. The highest BCUT2D eigenvalue weighted by atomic mass is 32.1. The van der Waals surface area contributed by atoms with Gasteiger partial charge in [-0.25, -0.2) is 19.3 Å². The third-order valence-corrected chi connectivity index (χ3v) is 4.75. The van der Waals surface area contributed by atoms with Gasteiger partial charge < -0.3 is 5.32 Å². The second kappa shape index (κ2) is 7.37. The van der Waals surface area contributed by atoms with Crippen molar-refractivity contribution in [1.82, 2.24) is 20.3 Å². The Morgan fingerprint density at radius 3 is 2.44 bits per heavy atom. The van der Waals surface area contributed by atoms with Crippen molar-refractivity contribution in [3.8, 4) is 10.8 Å². The van der Waals surface area contributed by atoms with Crippen molar-refractivity contribution in [2.45, 2.75) is 33.4 Å². The van der Waals surface area contributed by atoms with Gasteiger partial charge in [-0.1, -0.05) is 32.9 Å². The fourth-order valence-corrected chi connectivity index (χ4v) is 3.45. The summed E-state index contributed by atoms with van der Waals surface area (Å²) in [6.45, 7) is 7.12. The number of benzene rings is 1. The molecule has 0 bridgehead atoms. The molecule has 0 unspecified atom stereocenters. The van der Waals surface area contributed by atoms with Gasteiger partial charge in [-0.05, 0) is 29.2 Å². The predicted molar refractivity (Wildman–Crippen MR) is 98.6 cm³/mol. The van der Waals surface area contributed by atoms with Crippen LogP contribution < -0.4 is 5.32 Å². The van der Waals surface area contributed by atoms with Gasteiger partial charge in [0.25, 0.3) is 0 Å². The lowest BCUT2D eigenvalue weighted by atomic mass is 9.82. The minimum absolute atomic E-state index is 0.0147. The zero-order valence-corrected chi connectivity index (χ0v) is 15.3. The quantitative estimate of drug-likeness (QED) is 0.725. The van der Waals surface area contributed by atoms with Crippen molar-refractivity contribution in [1.29, 1.82) is 0 Å². The molecule has 0 radical (unpaired) electrons. The lowest BCUT2D eigenvalue weighted by molar-refractivity contribution is 0.270. The third kappa shape index (κ3) is 4.46. The molecule has 0 aliphatic heterocycles. The Kier molecular flexibility index (Phi) is 5.20. The van der Waals surface area contributed by atoms with E-state index in [2.05, 4.69) is 41.0 Å². The van der Waals surface area contributed by atoms with Crippen molar-refractivity contribution in [2.24, 2.45) is 5.41 Å². The first kappa shape index (κ1) is 17.6. The van der Waals surface area contributed by atoms with Gasteiger partial charge in [-0.2, -0.15) is 0 Å². The molecular formula is C19H21FN4S. The van der Waals surface area contributed by atoms with Gasteiger partial charge in [-0.15, -0.1) is 11.3 Å². The molecule has 0 saturated heterocycles. The van der Waals surface area contributed by atoms with Crippen molar-refractivity contribution < 1.29 is 4.39 Å². The molecule has 2 heterocycles. The second-order valence-electron chi connectivity index (χ2n) is 6.95. The third-order valence-electron chi connectivity index (χ3n) is 3.87. The molecule has 6 heteroatoms. The van der Waals surface area contributed by atoms with Crippen LogP contribution in [0.25, 0.3) is 10.8 Å². The first-order chi connectivity index (χ1) is 11.9. The van der Waals surface area contributed by atoms with E-state index in [0.717, 1.165) is 16.3 Å². The first-order valence-electron chi connectivity index (χ1n) is 8.14. The fourth-order valence-electron chi connectivity index (χ4n) is 2.69. The van der Waals surface area contributed by atoms with Gasteiger partial charge in [0.15, 0.2) is 10.8 Å². The van der Waals surface area contributed by atoms with Crippen LogP contribution in [-0.2, 0) is 6.54 Å². The topological polar surface area (TPSA) is 50.7 Å². The van der Waals surface area contributed by atoms with Crippen LogP contribution >= 0.6 is 11.3 Å². The van der Waals surface area contributed by atoms with E-state index in [1.165, 1.54) is 23.5 Å². The molecule has 1 atom stereocenters. The van der Waals surface area contributed by atoms with Crippen molar-refractivity contribution >= 4 is 11.3 Å². The summed E-state index contributed by atoms with van der Waals surface area (Å²) < 4.78 is 13.2. The van der Waals surface area contributed by atoms with E-state index in [1.54, 1.807) is 18.5 Å². The number of nitrogens with one attached hydrogen (secondary N) is 1. The van der Waals surface area contributed by atoms with Crippen LogP contribution in [0, 0.1) is 11.2 Å². The molecule has 1 aromatic carbocycles. The molecule has 0 saturated carbocycles. The fraction of sp³-hybridized carbons (Fsp3) is 0.316. The Hall–Kier alpha value is -2.18. The average Bonchev–Trinajstić information content (AvgIpc) is 3.05. The van der Waals surface area contributed by atoms with E-state index < -0.39 is 0 Å². The normalized spacial score (nSPS) is 13.0. The minimum atomic E-state index is -0.219. The van der Waals surface area contributed by atoms with E-state index in [1.807, 2.05) is 17.5 Å². The molecule has 2 aromatic heterocycles. The Bertz CT molecular complexity index is 809. The maximum Gasteiger partial charge on any atom is 0.188 e. The van der Waals surface area contributed by atoms with Crippen LogP contribution in [0.4, 0.5) is 4.39 Å². The molecular weight excluding hydrogens is 335 g/mol. The number of aromatic nitrogens is 3. The zero-order chi connectivity index (χ0) is 17.9. The number of rotatable bonds is 5. The maximum absolute atomic E-state index is 13.2.